The van der Waals surface area contributed by atoms with Crippen LogP contribution in [-0.2, 0) is 16.7 Å². The molecule has 1 rings (SSSR count). The van der Waals surface area contributed by atoms with Gasteiger partial charge < -0.3 is 10.1 Å². The van der Waals surface area contributed by atoms with Gasteiger partial charge in [-0.25, -0.2) is 4.98 Å². The zero-order valence-corrected chi connectivity index (χ0v) is 14.1. The molecule has 0 fully saturated rings. The van der Waals surface area contributed by atoms with E-state index in [0.29, 0.717) is 6.04 Å². The number of hydrogen-bond acceptors (Lipinski definition) is 4. The molecule has 3 nitrogen and oxygen atoms in total. The Balaban J connectivity index is 3.05. The monoisotopic (exact) mass is 284 g/mol. The maximum absolute atomic E-state index is 5.52. The molecule has 1 unspecified atom stereocenters. The summed E-state index contributed by atoms with van der Waals surface area (Å²) in [5.74, 6) is 0. The van der Waals surface area contributed by atoms with E-state index in [0.717, 1.165) is 18.0 Å². The Morgan fingerprint density at radius 3 is 2.37 bits per heavy atom. The van der Waals surface area contributed by atoms with E-state index in [2.05, 4.69) is 46.9 Å². The van der Waals surface area contributed by atoms with Crippen molar-refractivity contribution in [2.75, 3.05) is 7.11 Å². The van der Waals surface area contributed by atoms with Gasteiger partial charge in [-0.2, -0.15) is 0 Å². The lowest BCUT2D eigenvalue weighted by atomic mass is 9.91. The van der Waals surface area contributed by atoms with Crippen LogP contribution in [0.15, 0.2) is 0 Å². The summed E-state index contributed by atoms with van der Waals surface area (Å²) >= 11 is 1.79. The maximum atomic E-state index is 5.52. The number of aromatic nitrogens is 1. The van der Waals surface area contributed by atoms with Crippen molar-refractivity contribution in [2.45, 2.75) is 72.1 Å². The first-order valence-corrected chi connectivity index (χ1v) is 7.87. The normalized spacial score (nSPS) is 14.1. The van der Waals surface area contributed by atoms with E-state index in [-0.39, 0.29) is 11.5 Å². The van der Waals surface area contributed by atoms with Crippen LogP contribution in [-0.4, -0.2) is 18.1 Å². The molecule has 1 heterocycles. The third-order valence-corrected chi connectivity index (χ3v) is 4.17. The van der Waals surface area contributed by atoms with E-state index in [4.69, 9.17) is 9.72 Å². The number of nitrogens with zero attached hydrogens (tertiary/aromatic N) is 1. The molecule has 1 aromatic heterocycles. The summed E-state index contributed by atoms with van der Waals surface area (Å²) in [7, 11) is 1.76. The van der Waals surface area contributed by atoms with Crippen LogP contribution in [0.4, 0.5) is 0 Å². The first kappa shape index (κ1) is 16.6. The second kappa shape index (κ2) is 6.82. The van der Waals surface area contributed by atoms with Gasteiger partial charge in [0.1, 0.15) is 11.1 Å². The lowest BCUT2D eigenvalue weighted by Gasteiger charge is -2.18. The average Bonchev–Trinajstić information content (AvgIpc) is 2.72. The molecule has 4 heteroatoms. The molecule has 19 heavy (non-hydrogen) atoms. The van der Waals surface area contributed by atoms with Gasteiger partial charge in [0.2, 0.25) is 0 Å². The second-order valence-electron chi connectivity index (χ2n) is 6.24. The van der Waals surface area contributed by atoms with Gasteiger partial charge in [-0.15, -0.1) is 11.3 Å². The lowest BCUT2D eigenvalue weighted by molar-refractivity contribution is 0.0995. The Labute approximate surface area is 121 Å². The summed E-state index contributed by atoms with van der Waals surface area (Å²) in [4.78, 5) is 6.19. The number of nitrogens with one attached hydrogen (secondary N) is 1. The molecule has 0 spiro atoms. The van der Waals surface area contributed by atoms with Crippen LogP contribution in [0, 0.1) is 0 Å². The van der Waals surface area contributed by atoms with E-state index < -0.39 is 0 Å². The molecule has 0 aliphatic carbocycles. The smallest absolute Gasteiger partial charge is 0.122 e. The van der Waals surface area contributed by atoms with Gasteiger partial charge in [-0.1, -0.05) is 41.5 Å². The fourth-order valence-corrected chi connectivity index (χ4v) is 3.34. The van der Waals surface area contributed by atoms with Crippen molar-refractivity contribution in [3.05, 3.63) is 15.6 Å². The number of methoxy groups -OCH3 is 1. The van der Waals surface area contributed by atoms with Crippen LogP contribution < -0.4 is 5.32 Å². The zero-order chi connectivity index (χ0) is 14.6. The van der Waals surface area contributed by atoms with Crippen LogP contribution in [0.5, 0.6) is 0 Å². The van der Waals surface area contributed by atoms with Crippen LogP contribution in [0.1, 0.15) is 69.6 Å². The average molecular weight is 284 g/mol. The topological polar surface area (TPSA) is 34.1 Å². The van der Waals surface area contributed by atoms with Gasteiger partial charge in [0.25, 0.3) is 0 Å². The highest BCUT2D eigenvalue weighted by Crippen LogP contribution is 2.34. The van der Waals surface area contributed by atoms with E-state index in [1.165, 1.54) is 10.6 Å². The van der Waals surface area contributed by atoms with Gasteiger partial charge in [0.15, 0.2) is 0 Å². The number of hydrogen-bond donors (Lipinski definition) is 1. The first-order chi connectivity index (χ1) is 8.79. The highest BCUT2D eigenvalue weighted by molar-refractivity contribution is 7.11. The van der Waals surface area contributed by atoms with Gasteiger partial charge in [0.05, 0.1) is 5.69 Å². The number of thiazole rings is 1. The minimum atomic E-state index is 0.0782. The first-order valence-electron chi connectivity index (χ1n) is 7.05. The molecular weight excluding hydrogens is 256 g/mol. The highest BCUT2D eigenvalue weighted by atomic mass is 32.1. The Morgan fingerprint density at radius 1 is 1.32 bits per heavy atom. The van der Waals surface area contributed by atoms with E-state index in [1.807, 2.05) is 0 Å². The summed E-state index contributed by atoms with van der Waals surface area (Å²) < 4.78 is 5.52. The predicted octanol–water partition coefficient (Wildman–Crippen LogP) is 4.04. The molecule has 0 radical (unpaired) electrons. The molecule has 1 N–H and O–H groups in total. The highest BCUT2D eigenvalue weighted by Gasteiger charge is 2.25. The Hall–Kier alpha value is -0.450. The van der Waals surface area contributed by atoms with Gasteiger partial charge in [-0.05, 0) is 6.42 Å². The molecule has 110 valence electrons. The molecule has 1 atom stereocenters. The van der Waals surface area contributed by atoms with Crippen LogP contribution in [0.3, 0.4) is 0 Å². The SMILES string of the molecule is CCC(OC)c1nc(C(C)(C)C)c(CNC(C)C)s1. The van der Waals surface area contributed by atoms with Crippen LogP contribution >= 0.6 is 11.3 Å². The van der Waals surface area contributed by atoms with E-state index >= 15 is 0 Å². The molecule has 0 bridgehead atoms. The van der Waals surface area contributed by atoms with Crippen molar-refractivity contribution >= 4 is 11.3 Å². The van der Waals surface area contributed by atoms with Gasteiger partial charge >= 0.3 is 0 Å². The summed E-state index contributed by atoms with van der Waals surface area (Å²) in [6.45, 7) is 14.0. The molecule has 0 aliphatic rings. The van der Waals surface area contributed by atoms with Crippen molar-refractivity contribution in [1.82, 2.24) is 10.3 Å². The van der Waals surface area contributed by atoms with E-state index in [9.17, 15) is 0 Å². The van der Waals surface area contributed by atoms with Crippen molar-refractivity contribution < 1.29 is 4.74 Å². The Kier molecular flexibility index (Phi) is 5.96. The molecule has 1 aromatic rings. The molecular formula is C15H28N2OS. The van der Waals surface area contributed by atoms with Gasteiger partial charge in [-0.3, -0.25) is 0 Å². The molecule has 0 aromatic carbocycles. The standard InChI is InChI=1S/C15H28N2OS/c1-8-11(18-7)14-17-13(15(4,5)6)12(19-14)9-16-10(2)3/h10-11,16H,8-9H2,1-7H3. The van der Waals surface area contributed by atoms with Crippen molar-refractivity contribution in [3.63, 3.8) is 0 Å². The molecule has 0 saturated heterocycles. The number of ether oxygens (including phenoxy) is 1. The zero-order valence-electron chi connectivity index (χ0n) is 13.3. The third-order valence-electron chi connectivity index (χ3n) is 3.03. The quantitative estimate of drug-likeness (QED) is 0.856. The van der Waals surface area contributed by atoms with E-state index in [1.54, 1.807) is 18.4 Å². The second-order valence-corrected chi connectivity index (χ2v) is 7.36. The molecule has 0 amide bonds. The number of rotatable bonds is 6. The lowest BCUT2D eigenvalue weighted by Crippen LogP contribution is -2.23. The van der Waals surface area contributed by atoms with Crippen LogP contribution in [0.2, 0.25) is 0 Å². The minimum absolute atomic E-state index is 0.0782. The van der Waals surface area contributed by atoms with Gasteiger partial charge in [0, 0.05) is 30.0 Å². The third kappa shape index (κ3) is 4.55. The fourth-order valence-electron chi connectivity index (χ4n) is 1.95. The van der Waals surface area contributed by atoms with Crippen LogP contribution in [0.25, 0.3) is 0 Å². The molecule has 0 aliphatic heterocycles. The summed E-state index contributed by atoms with van der Waals surface area (Å²) in [5.41, 5.74) is 1.28. The largest absolute Gasteiger partial charge is 0.374 e. The maximum Gasteiger partial charge on any atom is 0.122 e. The Morgan fingerprint density at radius 2 is 1.95 bits per heavy atom. The summed E-state index contributed by atoms with van der Waals surface area (Å²) in [5, 5.41) is 4.60. The van der Waals surface area contributed by atoms with Crippen molar-refractivity contribution in [2.24, 2.45) is 0 Å². The fraction of sp³-hybridized carbons (Fsp3) is 0.800. The minimum Gasteiger partial charge on any atom is -0.374 e. The Bertz CT molecular complexity index is 389. The summed E-state index contributed by atoms with van der Waals surface area (Å²) in [6.07, 6.45) is 1.09. The van der Waals surface area contributed by atoms with Crippen molar-refractivity contribution in [1.29, 1.82) is 0 Å². The van der Waals surface area contributed by atoms with Crippen molar-refractivity contribution in [3.8, 4) is 0 Å². The molecule has 0 saturated carbocycles. The predicted molar refractivity (Wildman–Crippen MR) is 82.8 cm³/mol. The summed E-state index contributed by atoms with van der Waals surface area (Å²) in [6, 6.07) is 0.489.